The topological polar surface area (TPSA) is 130 Å². The van der Waals surface area contributed by atoms with E-state index in [1.807, 2.05) is 37.3 Å². The Bertz CT molecular complexity index is 1100. The largest absolute Gasteiger partial charge is 0.503 e. The summed E-state index contributed by atoms with van der Waals surface area (Å²) in [6.07, 6.45) is 1.58. The third kappa shape index (κ3) is 5.00. The number of benzene rings is 2. The van der Waals surface area contributed by atoms with Gasteiger partial charge in [-0.25, -0.2) is 0 Å². The van der Waals surface area contributed by atoms with Gasteiger partial charge in [-0.3, -0.25) is 0 Å². The quantitative estimate of drug-likeness (QED) is 0.475. The summed E-state index contributed by atoms with van der Waals surface area (Å²) in [5, 5.41) is 22.7. The van der Waals surface area contributed by atoms with Gasteiger partial charge in [-0.15, -0.1) is 0 Å². The summed E-state index contributed by atoms with van der Waals surface area (Å²) in [4.78, 5) is 12.4. The number of ether oxygens (including phenoxy) is 1. The lowest BCUT2D eigenvalue weighted by molar-refractivity contribution is 0.317. The molecule has 3 aromatic rings. The zero-order valence-corrected chi connectivity index (χ0v) is 17.0. The minimum Gasteiger partial charge on any atom is -0.503 e. The van der Waals surface area contributed by atoms with E-state index in [-0.39, 0.29) is 29.0 Å². The zero-order valence-electron chi connectivity index (χ0n) is 15.4. The summed E-state index contributed by atoms with van der Waals surface area (Å²) in [5.74, 6) is 0.618. The maximum Gasteiger partial charge on any atom is 0.232 e. The van der Waals surface area contributed by atoms with Crippen molar-refractivity contribution in [2.75, 3.05) is 17.7 Å². The molecule has 0 spiro atoms. The van der Waals surface area contributed by atoms with Crippen molar-refractivity contribution in [1.82, 2.24) is 15.0 Å². The van der Waals surface area contributed by atoms with Gasteiger partial charge in [0.05, 0.1) is 16.7 Å². The predicted octanol–water partition coefficient (Wildman–Crippen LogP) is 4.13. The van der Waals surface area contributed by atoms with Crippen molar-refractivity contribution in [2.45, 2.75) is 6.92 Å². The fourth-order valence-electron chi connectivity index (χ4n) is 2.48. The Balaban J connectivity index is 1.99. The van der Waals surface area contributed by atoms with Crippen molar-refractivity contribution in [3.8, 4) is 17.6 Å². The molecule has 1 heterocycles. The molecule has 8 nitrogen and oxygen atoms in total. The van der Waals surface area contributed by atoms with Crippen molar-refractivity contribution in [3.05, 3.63) is 58.3 Å². The van der Waals surface area contributed by atoms with E-state index in [0.29, 0.717) is 22.4 Å². The van der Waals surface area contributed by atoms with Crippen LogP contribution in [-0.2, 0) is 0 Å². The van der Waals surface area contributed by atoms with Crippen molar-refractivity contribution >= 4 is 45.2 Å². The smallest absolute Gasteiger partial charge is 0.232 e. The van der Waals surface area contributed by atoms with Crippen molar-refractivity contribution < 1.29 is 9.84 Å². The standard InChI is InChI=1S/C20H17BrN6O2/c1-2-29-16-10-12(9-15(21)17(16)28)8-13(11-22)18-25-19(23)27-20(26-18)24-14-6-4-3-5-7-14/h3-10,28H,2H2,1H3,(H3,23,24,25,26,27)/b13-8-. The van der Waals surface area contributed by atoms with E-state index in [0.717, 1.165) is 5.69 Å². The molecule has 0 saturated carbocycles. The first-order valence-corrected chi connectivity index (χ1v) is 9.40. The number of nitrogens with one attached hydrogen (secondary N) is 1. The van der Waals surface area contributed by atoms with E-state index in [1.165, 1.54) is 0 Å². The van der Waals surface area contributed by atoms with Gasteiger partial charge in [0, 0.05) is 5.69 Å². The van der Waals surface area contributed by atoms with Crippen molar-refractivity contribution in [3.63, 3.8) is 0 Å². The van der Waals surface area contributed by atoms with Gasteiger partial charge in [0.15, 0.2) is 17.3 Å². The Morgan fingerprint density at radius 1 is 1.28 bits per heavy atom. The van der Waals surface area contributed by atoms with Gasteiger partial charge in [-0.2, -0.15) is 20.2 Å². The molecule has 0 fully saturated rings. The van der Waals surface area contributed by atoms with Crippen molar-refractivity contribution in [2.24, 2.45) is 0 Å². The second kappa shape index (κ2) is 9.03. The number of hydrogen-bond acceptors (Lipinski definition) is 8. The van der Waals surface area contributed by atoms with E-state index in [2.05, 4.69) is 42.3 Å². The van der Waals surface area contributed by atoms with Crippen molar-refractivity contribution in [1.29, 1.82) is 5.26 Å². The average molecular weight is 453 g/mol. The molecule has 9 heteroatoms. The monoisotopic (exact) mass is 452 g/mol. The molecule has 146 valence electrons. The SMILES string of the molecule is CCOc1cc(/C=C(/C#N)c2nc(N)nc(Nc3ccccc3)n2)cc(Br)c1O. The van der Waals surface area contributed by atoms with Crippen LogP contribution in [0.3, 0.4) is 0 Å². The Morgan fingerprint density at radius 3 is 2.72 bits per heavy atom. The third-order valence-electron chi connectivity index (χ3n) is 3.71. The normalized spacial score (nSPS) is 11.0. The number of phenols is 1. The predicted molar refractivity (Wildman–Crippen MR) is 114 cm³/mol. The zero-order chi connectivity index (χ0) is 20.8. The van der Waals surface area contributed by atoms with Crippen LogP contribution in [0.2, 0.25) is 0 Å². The van der Waals surface area contributed by atoms with Crippen LogP contribution in [0.25, 0.3) is 11.6 Å². The molecule has 0 unspecified atom stereocenters. The Morgan fingerprint density at radius 2 is 2.03 bits per heavy atom. The first-order chi connectivity index (χ1) is 14.0. The molecule has 2 aromatic carbocycles. The van der Waals surface area contributed by atoms with Crippen LogP contribution < -0.4 is 15.8 Å². The highest BCUT2D eigenvalue weighted by Crippen LogP contribution is 2.36. The number of rotatable bonds is 6. The lowest BCUT2D eigenvalue weighted by Crippen LogP contribution is -2.06. The number of anilines is 3. The van der Waals surface area contributed by atoms with Crippen LogP contribution in [0, 0.1) is 11.3 Å². The molecule has 0 saturated heterocycles. The second-order valence-electron chi connectivity index (χ2n) is 5.78. The number of hydrogen-bond donors (Lipinski definition) is 3. The number of nitrogen functional groups attached to an aromatic ring is 1. The van der Waals surface area contributed by atoms with Crippen LogP contribution in [-0.4, -0.2) is 26.7 Å². The van der Waals surface area contributed by atoms with E-state index < -0.39 is 0 Å². The number of phenolic OH excluding ortho intramolecular Hbond substituents is 1. The van der Waals surface area contributed by atoms with Crippen LogP contribution in [0.1, 0.15) is 18.3 Å². The van der Waals surface area contributed by atoms with E-state index in [4.69, 9.17) is 10.5 Å². The Hall–Kier alpha value is -3.64. The Labute approximate surface area is 175 Å². The molecule has 1 aromatic heterocycles. The van der Waals surface area contributed by atoms with E-state index in [1.54, 1.807) is 18.2 Å². The van der Waals surface area contributed by atoms with Crippen LogP contribution in [0.15, 0.2) is 46.9 Å². The first kappa shape index (κ1) is 20.1. The first-order valence-electron chi connectivity index (χ1n) is 8.61. The van der Waals surface area contributed by atoms with E-state index in [9.17, 15) is 10.4 Å². The Kier molecular flexibility index (Phi) is 6.26. The van der Waals surface area contributed by atoms with Gasteiger partial charge in [0.25, 0.3) is 0 Å². The summed E-state index contributed by atoms with van der Waals surface area (Å²) >= 11 is 3.28. The molecular weight excluding hydrogens is 436 g/mol. The molecule has 29 heavy (non-hydrogen) atoms. The van der Waals surface area contributed by atoms with Crippen LogP contribution in [0.5, 0.6) is 11.5 Å². The fraction of sp³-hybridized carbons (Fsp3) is 0.100. The molecule has 0 aliphatic heterocycles. The van der Waals surface area contributed by atoms with Gasteiger partial charge in [0.1, 0.15) is 6.07 Å². The molecule has 0 atom stereocenters. The number of aromatic hydroxyl groups is 1. The molecule has 4 N–H and O–H groups in total. The minimum absolute atomic E-state index is 0.0127. The fourth-order valence-corrected chi connectivity index (χ4v) is 2.94. The highest BCUT2D eigenvalue weighted by Gasteiger charge is 2.13. The number of nitrogens with zero attached hydrogens (tertiary/aromatic N) is 4. The second-order valence-corrected chi connectivity index (χ2v) is 6.64. The lowest BCUT2D eigenvalue weighted by Gasteiger charge is -2.09. The number of halogens is 1. The van der Waals surface area contributed by atoms with Crippen LogP contribution >= 0.6 is 15.9 Å². The summed E-state index contributed by atoms with van der Waals surface area (Å²) in [6, 6.07) is 14.7. The van der Waals surface area contributed by atoms with Gasteiger partial charge in [0.2, 0.25) is 11.9 Å². The summed E-state index contributed by atoms with van der Waals surface area (Å²) in [6.45, 7) is 2.20. The molecular formula is C20H17BrN6O2. The molecule has 0 aliphatic rings. The molecule has 3 rings (SSSR count). The maximum absolute atomic E-state index is 10.1. The number of aromatic nitrogens is 3. The molecule has 0 radical (unpaired) electrons. The molecule has 0 bridgehead atoms. The lowest BCUT2D eigenvalue weighted by atomic mass is 10.1. The molecule has 0 amide bonds. The summed E-state index contributed by atoms with van der Waals surface area (Å²) < 4.78 is 5.86. The van der Waals surface area contributed by atoms with Gasteiger partial charge in [-0.05, 0) is 58.8 Å². The highest BCUT2D eigenvalue weighted by atomic mass is 79.9. The number of nitrogens with two attached hydrogens (primary N) is 1. The van der Waals surface area contributed by atoms with E-state index >= 15 is 0 Å². The number of para-hydroxylation sites is 1. The van der Waals surface area contributed by atoms with Gasteiger partial charge < -0.3 is 20.9 Å². The number of allylic oxidation sites excluding steroid dienone is 1. The molecule has 0 aliphatic carbocycles. The van der Waals surface area contributed by atoms with Gasteiger partial charge in [-0.1, -0.05) is 18.2 Å². The van der Waals surface area contributed by atoms with Crippen LogP contribution in [0.4, 0.5) is 17.6 Å². The number of nitriles is 1. The minimum atomic E-state index is -0.0172. The third-order valence-corrected chi connectivity index (χ3v) is 4.31. The summed E-state index contributed by atoms with van der Waals surface area (Å²) in [5.41, 5.74) is 7.37. The van der Waals surface area contributed by atoms with Gasteiger partial charge >= 0.3 is 0 Å². The summed E-state index contributed by atoms with van der Waals surface area (Å²) in [7, 11) is 0. The highest BCUT2D eigenvalue weighted by molar-refractivity contribution is 9.10. The average Bonchev–Trinajstić information content (AvgIpc) is 2.70. The maximum atomic E-state index is 10.1.